The third-order valence-electron chi connectivity index (χ3n) is 24.8. The maximum atomic E-state index is 15.8. The van der Waals surface area contributed by atoms with Gasteiger partial charge in [-0.2, -0.15) is 26.3 Å². The largest absolute Gasteiger partial charge is 0.397 e. The van der Waals surface area contributed by atoms with E-state index in [0.29, 0.717) is 51.4 Å². The van der Waals surface area contributed by atoms with E-state index < -0.39 is 235 Å². The first-order valence-corrected chi connectivity index (χ1v) is 39.6. The van der Waals surface area contributed by atoms with E-state index in [-0.39, 0.29) is 103 Å². The van der Waals surface area contributed by atoms with Crippen molar-refractivity contribution in [1.29, 1.82) is 0 Å². The van der Waals surface area contributed by atoms with Gasteiger partial charge in [-0.25, -0.2) is 8.78 Å². The third-order valence-corrected chi connectivity index (χ3v) is 24.8. The summed E-state index contributed by atoms with van der Waals surface area (Å²) in [5.41, 5.74) is -2.36. The topological polar surface area (TPSA) is 279 Å². The van der Waals surface area contributed by atoms with E-state index in [4.69, 9.17) is 4.74 Å². The minimum Gasteiger partial charge on any atom is -0.377 e. The fraction of sp³-hybridized carbons (Fsp3) is 0.818. The molecule has 4 saturated carbocycles. The predicted octanol–water partition coefficient (Wildman–Crippen LogP) is 6.89. The zero-order valence-corrected chi connectivity index (χ0v) is 66.0. The number of likely N-dealkylation sites (N-methyl/N-ethyl adjacent to an activating group) is 6. The Morgan fingerprint density at radius 1 is 0.627 bits per heavy atom. The van der Waals surface area contributed by atoms with Crippen LogP contribution in [-0.2, 0) is 62.3 Å². The van der Waals surface area contributed by atoms with Crippen LogP contribution in [0.25, 0.3) is 0 Å². The Kier molecular flexibility index (Phi) is 29.8. The second-order valence-corrected chi connectivity index (χ2v) is 33.6. The molecule has 4 aliphatic carbocycles. The molecule has 0 radical (unpaired) electrons. The van der Waals surface area contributed by atoms with Gasteiger partial charge in [0.15, 0.2) is 0 Å². The lowest BCUT2D eigenvalue weighted by Gasteiger charge is -2.54. The minimum absolute atomic E-state index is 0.00327. The van der Waals surface area contributed by atoms with Gasteiger partial charge in [0.2, 0.25) is 70.9 Å². The van der Waals surface area contributed by atoms with Crippen LogP contribution in [-0.4, -0.2) is 288 Å². The number of fused-ring (bicyclic) bond motifs is 4. The average Bonchev–Trinajstić information content (AvgIpc) is 0.981. The van der Waals surface area contributed by atoms with E-state index in [1.165, 1.54) is 68.9 Å². The summed E-state index contributed by atoms with van der Waals surface area (Å²) < 4.78 is 122. The molecule has 25 nitrogen and oxygen atoms in total. The molecule has 3 N–H and O–H groups in total. The molecule has 8 rings (SSSR count). The van der Waals surface area contributed by atoms with Crippen LogP contribution >= 0.6 is 0 Å². The number of rotatable bonds is 11. The highest BCUT2D eigenvalue weighted by molar-refractivity contribution is 6.01. The van der Waals surface area contributed by atoms with Gasteiger partial charge < -0.3 is 64.8 Å². The standard InChI is InChI=1S/C77H118F8N12O13/c1-13-45(3)63-71(107)91(9)42-61(100)92(10)55-26-18-16-22-34-96(70(55)106)58(37-46-27-30-49(31-28-46)76(80,81)82)69(105)90(8)41-59(98)86-53(32-29-47-35-51(78)62(52(79)36-47)77(83,84)85)67(103)97-40-50(110-14-2)38-56(97)66(102)88-75(43-74(4,5)44-75)73(109)94(12)64(48-23-19-20-24-48)72(108)93(11)57(68(104)89(6)7)39-60(99)95-33-21-15-17-25-54(95)65(101)87-63/h16,18,45-58,62-64H,13-15,17,19-44H2,1-12H3,(H,86,98)(H,87,101)(H,88,102)/b18-16-/t45-,46?,47?,49?,50+,51?,52?,53-,54-,55-,56-,57-,58-,62?,63-,64-/m0/s1. The lowest BCUT2D eigenvalue weighted by molar-refractivity contribution is -0.219. The van der Waals surface area contributed by atoms with E-state index in [9.17, 15) is 50.3 Å². The fourth-order valence-electron chi connectivity index (χ4n) is 18.6. The molecule has 0 aromatic carbocycles. The van der Waals surface area contributed by atoms with Crippen LogP contribution < -0.4 is 16.0 Å². The summed E-state index contributed by atoms with van der Waals surface area (Å²) in [6.45, 7) is 7.08. The summed E-state index contributed by atoms with van der Waals surface area (Å²) in [6, 6.07) is -11.3. The quantitative estimate of drug-likeness (QED) is 0.141. The first kappa shape index (κ1) is 88.3. The molecule has 12 amide bonds. The van der Waals surface area contributed by atoms with E-state index in [1.54, 1.807) is 32.9 Å². The molecule has 7 fully saturated rings. The highest BCUT2D eigenvalue weighted by Crippen LogP contribution is 2.50. The molecule has 620 valence electrons. The molecule has 3 saturated heterocycles. The SMILES string of the molecule is CCO[C@@H]1C[C@H]2C(=O)NC3(CC(C)(C)C3)C(=O)N(C)[C@@H](C3CCCC3)C(=O)N(C)[C@H](C(=O)N(C)C)CC(=O)N3CCCCC[C@H]3C(=O)N[C@@H]([C@@H](C)CC)C(=O)N(C)CC(=O)N(C)[C@H]3C/C=C\CCN(C3=O)[C@@H](CC3CCC(C(F)(F)F)CC3)C(=O)N(C)CC(=O)N[C@@H](CCC3CC(F)C(C(F)(F)F)C(F)C3)C(=O)N2C1. The molecule has 110 heavy (non-hydrogen) atoms. The summed E-state index contributed by atoms with van der Waals surface area (Å²) in [7, 11) is 9.60. The number of halogens is 8. The van der Waals surface area contributed by atoms with Crippen LogP contribution in [0.5, 0.6) is 0 Å². The Balaban J connectivity index is 1.22. The molecule has 4 heterocycles. The van der Waals surface area contributed by atoms with Gasteiger partial charge >= 0.3 is 12.4 Å². The highest BCUT2D eigenvalue weighted by Gasteiger charge is 2.60. The Hall–Kier alpha value is -7.22. The number of amides is 12. The van der Waals surface area contributed by atoms with Crippen molar-refractivity contribution < 1.29 is 97.4 Å². The van der Waals surface area contributed by atoms with E-state index in [1.807, 2.05) is 13.8 Å². The van der Waals surface area contributed by atoms with Crippen LogP contribution in [0, 0.1) is 40.9 Å². The molecule has 1 spiro atoms. The Morgan fingerprint density at radius 2 is 1.25 bits per heavy atom. The van der Waals surface area contributed by atoms with Crippen molar-refractivity contribution in [2.45, 2.75) is 273 Å². The smallest absolute Gasteiger partial charge is 0.377 e. The summed E-state index contributed by atoms with van der Waals surface area (Å²) in [4.78, 5) is 193. The third kappa shape index (κ3) is 21.0. The number of carbonyl (C=O) groups is 12. The van der Waals surface area contributed by atoms with E-state index in [0.717, 1.165) is 24.5 Å². The molecule has 12 atom stereocenters. The maximum absolute atomic E-state index is 15.8. The predicted molar refractivity (Wildman–Crippen MR) is 388 cm³/mol. The Bertz CT molecular complexity index is 3330. The van der Waals surface area contributed by atoms with Crippen molar-refractivity contribution in [3.63, 3.8) is 0 Å². The molecule has 4 aliphatic heterocycles. The molecule has 8 aliphatic rings. The number of alkyl halides is 8. The second kappa shape index (κ2) is 37.2. The Labute approximate surface area is 641 Å². The van der Waals surface area contributed by atoms with Crippen LogP contribution in [0.1, 0.15) is 189 Å². The van der Waals surface area contributed by atoms with Gasteiger partial charge in [-0.15, -0.1) is 0 Å². The number of hydrogen-bond acceptors (Lipinski definition) is 13. The molecule has 2 bridgehead atoms. The van der Waals surface area contributed by atoms with Gasteiger partial charge in [-0.1, -0.05) is 72.0 Å². The van der Waals surface area contributed by atoms with Gasteiger partial charge in [0.1, 0.15) is 72.1 Å². The van der Waals surface area contributed by atoms with Crippen molar-refractivity contribution >= 4 is 70.9 Å². The lowest BCUT2D eigenvalue weighted by Crippen LogP contribution is -2.71. The number of nitrogens with zero attached hydrogens (tertiary/aromatic N) is 9. The van der Waals surface area contributed by atoms with Gasteiger partial charge in [0.05, 0.1) is 31.5 Å². The first-order chi connectivity index (χ1) is 51.5. The fourth-order valence-corrected chi connectivity index (χ4v) is 18.6. The summed E-state index contributed by atoms with van der Waals surface area (Å²) in [6.07, 6.45) is -12.0. The molecule has 0 aromatic rings. The van der Waals surface area contributed by atoms with Crippen molar-refractivity contribution in [2.24, 2.45) is 40.9 Å². The van der Waals surface area contributed by atoms with Crippen molar-refractivity contribution in [2.75, 3.05) is 88.7 Å². The first-order valence-electron chi connectivity index (χ1n) is 39.6. The average molecular weight is 1570 g/mol. The van der Waals surface area contributed by atoms with Crippen LogP contribution in [0.15, 0.2) is 12.2 Å². The van der Waals surface area contributed by atoms with Crippen LogP contribution in [0.3, 0.4) is 0 Å². The van der Waals surface area contributed by atoms with Gasteiger partial charge in [-0.3, -0.25) is 57.5 Å². The summed E-state index contributed by atoms with van der Waals surface area (Å²) in [5.74, 6) is -16.6. The van der Waals surface area contributed by atoms with Gasteiger partial charge in [0, 0.05) is 82.0 Å². The zero-order chi connectivity index (χ0) is 81.4. The number of carbonyl (C=O) groups excluding carboxylic acids is 12. The van der Waals surface area contributed by atoms with Crippen LogP contribution in [0.4, 0.5) is 35.1 Å². The second-order valence-electron chi connectivity index (χ2n) is 33.6. The summed E-state index contributed by atoms with van der Waals surface area (Å²) >= 11 is 0. The van der Waals surface area contributed by atoms with Gasteiger partial charge in [-0.05, 0) is 145 Å². The van der Waals surface area contributed by atoms with Gasteiger partial charge in [0.25, 0.3) is 0 Å². The van der Waals surface area contributed by atoms with Crippen molar-refractivity contribution in [3.8, 4) is 0 Å². The normalized spacial score (nSPS) is 32.8. The van der Waals surface area contributed by atoms with E-state index in [2.05, 4.69) is 16.0 Å². The van der Waals surface area contributed by atoms with E-state index >= 15 is 42.3 Å². The van der Waals surface area contributed by atoms with Crippen molar-refractivity contribution in [1.82, 2.24) is 60.0 Å². The number of ether oxygens (including phenoxy) is 1. The van der Waals surface area contributed by atoms with Crippen LogP contribution in [0.2, 0.25) is 0 Å². The molecule has 0 aromatic heterocycles. The maximum Gasteiger partial charge on any atom is 0.397 e. The molecule has 33 heteroatoms. The molecule has 2 unspecified atom stereocenters. The molecular weight excluding hydrogens is 1450 g/mol. The summed E-state index contributed by atoms with van der Waals surface area (Å²) in [5, 5.41) is 8.53. The monoisotopic (exact) mass is 1570 g/mol. The lowest BCUT2D eigenvalue weighted by atomic mass is 9.58. The molecular formula is C77H118F8N12O13. The zero-order valence-electron chi connectivity index (χ0n) is 66.0. The van der Waals surface area contributed by atoms with Crippen molar-refractivity contribution in [3.05, 3.63) is 12.2 Å². The number of hydrogen-bond donors (Lipinski definition) is 3. The highest BCUT2D eigenvalue weighted by atomic mass is 19.4. The number of nitrogens with one attached hydrogen (secondary N) is 3. The minimum atomic E-state index is -5.22. The Morgan fingerprint density at radius 3 is 1.85 bits per heavy atom.